The molecule has 84 valence electrons. The summed E-state index contributed by atoms with van der Waals surface area (Å²) in [5.74, 6) is 0. The van der Waals surface area contributed by atoms with E-state index in [1.165, 1.54) is 10.8 Å². The molecule has 0 aliphatic heterocycles. The lowest BCUT2D eigenvalue weighted by Gasteiger charge is -2.06. The highest BCUT2D eigenvalue weighted by Crippen LogP contribution is 2.22. The SMILES string of the molecule is CSc1ccn(-c2cccc3ccccc23)n1. The highest BCUT2D eigenvalue weighted by Gasteiger charge is 2.04. The van der Waals surface area contributed by atoms with Crippen LogP contribution in [-0.4, -0.2) is 16.0 Å². The highest BCUT2D eigenvalue weighted by atomic mass is 32.2. The van der Waals surface area contributed by atoms with Crippen molar-refractivity contribution in [1.29, 1.82) is 0 Å². The van der Waals surface area contributed by atoms with Crippen molar-refractivity contribution in [2.45, 2.75) is 5.03 Å². The van der Waals surface area contributed by atoms with Gasteiger partial charge in [-0.15, -0.1) is 11.8 Å². The van der Waals surface area contributed by atoms with Crippen LogP contribution in [0.3, 0.4) is 0 Å². The number of fused-ring (bicyclic) bond motifs is 1. The van der Waals surface area contributed by atoms with Crippen LogP contribution in [0.1, 0.15) is 0 Å². The third-order valence-corrected chi connectivity index (χ3v) is 3.42. The summed E-state index contributed by atoms with van der Waals surface area (Å²) in [6.07, 6.45) is 4.05. The molecule has 0 saturated heterocycles. The second-order valence-corrected chi connectivity index (χ2v) is 4.63. The molecular weight excluding hydrogens is 228 g/mol. The summed E-state index contributed by atoms with van der Waals surface area (Å²) in [5, 5.41) is 8.04. The lowest BCUT2D eigenvalue weighted by molar-refractivity contribution is 0.844. The van der Waals surface area contributed by atoms with Crippen LogP contribution in [0.4, 0.5) is 0 Å². The molecule has 17 heavy (non-hydrogen) atoms. The van der Waals surface area contributed by atoms with Gasteiger partial charge in [0.05, 0.1) is 5.69 Å². The molecule has 3 heteroatoms. The molecule has 0 aliphatic rings. The molecule has 3 rings (SSSR count). The number of rotatable bonds is 2. The molecule has 0 radical (unpaired) electrons. The fourth-order valence-corrected chi connectivity index (χ4v) is 2.32. The summed E-state index contributed by atoms with van der Waals surface area (Å²) in [7, 11) is 0. The van der Waals surface area contributed by atoms with Crippen molar-refractivity contribution in [3.05, 3.63) is 54.7 Å². The van der Waals surface area contributed by atoms with E-state index in [0.717, 1.165) is 10.7 Å². The molecule has 0 saturated carbocycles. The normalized spacial score (nSPS) is 10.9. The molecule has 1 aromatic heterocycles. The highest BCUT2D eigenvalue weighted by molar-refractivity contribution is 7.98. The summed E-state index contributed by atoms with van der Waals surface area (Å²) in [5.41, 5.74) is 1.13. The minimum atomic E-state index is 1.04. The molecule has 1 heterocycles. The van der Waals surface area contributed by atoms with Gasteiger partial charge in [-0.1, -0.05) is 36.4 Å². The van der Waals surface area contributed by atoms with E-state index >= 15 is 0 Å². The Morgan fingerprint density at radius 3 is 2.65 bits per heavy atom. The minimum absolute atomic E-state index is 1.04. The summed E-state index contributed by atoms with van der Waals surface area (Å²) < 4.78 is 1.94. The molecule has 0 aliphatic carbocycles. The van der Waals surface area contributed by atoms with Gasteiger partial charge in [0.25, 0.3) is 0 Å². The van der Waals surface area contributed by atoms with Crippen LogP contribution in [0.5, 0.6) is 0 Å². The second-order valence-electron chi connectivity index (χ2n) is 3.80. The van der Waals surface area contributed by atoms with E-state index in [0.29, 0.717) is 0 Å². The molecule has 0 fully saturated rings. The molecule has 0 atom stereocenters. The predicted octanol–water partition coefficient (Wildman–Crippen LogP) is 3.75. The number of benzene rings is 2. The van der Waals surface area contributed by atoms with Crippen LogP contribution in [-0.2, 0) is 0 Å². The van der Waals surface area contributed by atoms with Crippen molar-refractivity contribution in [3.63, 3.8) is 0 Å². The van der Waals surface area contributed by atoms with Gasteiger partial charge >= 0.3 is 0 Å². The third-order valence-electron chi connectivity index (χ3n) is 2.79. The van der Waals surface area contributed by atoms with E-state index in [9.17, 15) is 0 Å². The van der Waals surface area contributed by atoms with E-state index < -0.39 is 0 Å². The van der Waals surface area contributed by atoms with Crippen LogP contribution in [0.25, 0.3) is 16.5 Å². The van der Waals surface area contributed by atoms with Gasteiger partial charge in [0.2, 0.25) is 0 Å². The molecule has 0 spiro atoms. The first-order chi connectivity index (χ1) is 8.38. The lowest BCUT2D eigenvalue weighted by Crippen LogP contribution is -1.95. The van der Waals surface area contributed by atoms with Gasteiger partial charge in [-0.2, -0.15) is 5.10 Å². The standard InChI is InChI=1S/C14H12N2S/c1-17-14-9-10-16(15-14)13-8-4-6-11-5-2-3-7-12(11)13/h2-10H,1H3. The van der Waals surface area contributed by atoms with Crippen molar-refractivity contribution in [2.75, 3.05) is 6.26 Å². The van der Waals surface area contributed by atoms with E-state index in [4.69, 9.17) is 0 Å². The van der Waals surface area contributed by atoms with Crippen molar-refractivity contribution in [3.8, 4) is 5.69 Å². The predicted molar refractivity (Wildman–Crippen MR) is 72.9 cm³/mol. The van der Waals surface area contributed by atoms with Gasteiger partial charge in [0.1, 0.15) is 5.03 Å². The second kappa shape index (κ2) is 4.26. The Morgan fingerprint density at radius 1 is 1.00 bits per heavy atom. The fourth-order valence-electron chi connectivity index (χ4n) is 1.96. The number of aromatic nitrogens is 2. The number of hydrogen-bond donors (Lipinski definition) is 0. The largest absolute Gasteiger partial charge is 0.239 e. The average molecular weight is 240 g/mol. The van der Waals surface area contributed by atoms with Crippen molar-refractivity contribution in [1.82, 2.24) is 9.78 Å². The summed E-state index contributed by atoms with van der Waals surface area (Å²) >= 11 is 1.66. The van der Waals surface area contributed by atoms with Gasteiger partial charge in [0, 0.05) is 11.6 Å². The van der Waals surface area contributed by atoms with Crippen LogP contribution in [0, 0.1) is 0 Å². The van der Waals surface area contributed by atoms with Gasteiger partial charge < -0.3 is 0 Å². The first kappa shape index (κ1) is 10.4. The van der Waals surface area contributed by atoms with Gasteiger partial charge in [0.15, 0.2) is 0 Å². The van der Waals surface area contributed by atoms with E-state index in [1.807, 2.05) is 23.2 Å². The molecule has 0 N–H and O–H groups in total. The van der Waals surface area contributed by atoms with E-state index in [2.05, 4.69) is 47.6 Å². The minimum Gasteiger partial charge on any atom is -0.239 e. The number of nitrogens with zero attached hydrogens (tertiary/aromatic N) is 2. The lowest BCUT2D eigenvalue weighted by atomic mass is 10.1. The zero-order valence-electron chi connectivity index (χ0n) is 9.50. The van der Waals surface area contributed by atoms with Crippen LogP contribution >= 0.6 is 11.8 Å². The van der Waals surface area contributed by atoms with Crippen molar-refractivity contribution < 1.29 is 0 Å². The molecule has 2 aromatic carbocycles. The van der Waals surface area contributed by atoms with E-state index in [-0.39, 0.29) is 0 Å². The van der Waals surface area contributed by atoms with E-state index in [1.54, 1.807) is 11.8 Å². The third kappa shape index (κ3) is 1.83. The number of hydrogen-bond acceptors (Lipinski definition) is 2. The molecule has 0 unspecified atom stereocenters. The Balaban J connectivity index is 2.23. The van der Waals surface area contributed by atoms with Crippen LogP contribution < -0.4 is 0 Å². The molecule has 3 aromatic rings. The van der Waals surface area contributed by atoms with Crippen molar-refractivity contribution in [2.24, 2.45) is 0 Å². The van der Waals surface area contributed by atoms with Gasteiger partial charge in [-0.3, -0.25) is 0 Å². The quantitative estimate of drug-likeness (QED) is 0.635. The zero-order valence-corrected chi connectivity index (χ0v) is 10.3. The number of thioether (sulfide) groups is 1. The molecule has 0 bridgehead atoms. The molecule has 2 nitrogen and oxygen atoms in total. The van der Waals surface area contributed by atoms with Crippen LogP contribution in [0.15, 0.2) is 59.8 Å². The van der Waals surface area contributed by atoms with Crippen molar-refractivity contribution >= 4 is 22.5 Å². The van der Waals surface area contributed by atoms with Crippen LogP contribution in [0.2, 0.25) is 0 Å². The topological polar surface area (TPSA) is 17.8 Å². The smallest absolute Gasteiger partial charge is 0.118 e. The Kier molecular flexibility index (Phi) is 2.61. The first-order valence-electron chi connectivity index (χ1n) is 5.46. The Morgan fingerprint density at radius 2 is 1.82 bits per heavy atom. The monoisotopic (exact) mass is 240 g/mol. The van der Waals surface area contributed by atoms with Gasteiger partial charge in [-0.25, -0.2) is 4.68 Å². The Labute approximate surface area is 104 Å². The average Bonchev–Trinajstić information content (AvgIpc) is 2.87. The first-order valence-corrected chi connectivity index (χ1v) is 6.69. The summed E-state index contributed by atoms with van der Waals surface area (Å²) in [6, 6.07) is 16.7. The summed E-state index contributed by atoms with van der Waals surface area (Å²) in [6.45, 7) is 0. The summed E-state index contributed by atoms with van der Waals surface area (Å²) in [4.78, 5) is 0. The van der Waals surface area contributed by atoms with Gasteiger partial charge in [-0.05, 0) is 23.8 Å². The Hall–Kier alpha value is -1.74. The zero-order chi connectivity index (χ0) is 11.7. The Bertz CT molecular complexity index is 653. The fraction of sp³-hybridized carbons (Fsp3) is 0.0714. The maximum Gasteiger partial charge on any atom is 0.118 e. The maximum atomic E-state index is 4.53. The maximum absolute atomic E-state index is 4.53. The molecule has 0 amide bonds. The molecular formula is C14H12N2S.